The van der Waals surface area contributed by atoms with E-state index in [2.05, 4.69) is 4.99 Å². The van der Waals surface area contributed by atoms with Gasteiger partial charge in [0.05, 0.1) is 0 Å². The van der Waals surface area contributed by atoms with Crippen molar-refractivity contribution < 1.29 is 0 Å². The van der Waals surface area contributed by atoms with Gasteiger partial charge in [0.15, 0.2) is 0 Å². The molecule has 0 aromatic heterocycles. The fourth-order valence-electron chi connectivity index (χ4n) is 0.802. The molecule has 0 bridgehead atoms. The first-order valence-electron chi connectivity index (χ1n) is 3.74. The van der Waals surface area contributed by atoms with Crippen molar-refractivity contribution in [2.45, 2.75) is 32.2 Å². The Kier molecular flexibility index (Phi) is 2.49. The van der Waals surface area contributed by atoms with Crippen molar-refractivity contribution >= 4 is 6.21 Å². The van der Waals surface area contributed by atoms with Crippen molar-refractivity contribution in [3.05, 3.63) is 11.8 Å². The Morgan fingerprint density at radius 2 is 2.30 bits per heavy atom. The maximum atomic E-state index is 5.26. The smallest absolute Gasteiger partial charge is 0.0499 e. The highest BCUT2D eigenvalue weighted by atomic mass is 14.8. The molecule has 1 saturated carbocycles. The third-order valence-corrected chi connectivity index (χ3v) is 1.83. The predicted molar refractivity (Wildman–Crippen MR) is 44.1 cm³/mol. The van der Waals surface area contributed by atoms with E-state index < -0.39 is 0 Å². The molecule has 2 N–H and O–H groups in total. The summed E-state index contributed by atoms with van der Waals surface area (Å²) in [5.41, 5.74) is 6.31. The highest BCUT2D eigenvalue weighted by Gasteiger charge is 2.14. The minimum absolute atomic E-state index is 0.592. The third-order valence-electron chi connectivity index (χ3n) is 1.83. The monoisotopic (exact) mass is 138 g/mol. The van der Waals surface area contributed by atoms with E-state index in [0.29, 0.717) is 6.04 Å². The van der Waals surface area contributed by atoms with Gasteiger partial charge >= 0.3 is 0 Å². The molecule has 1 aliphatic rings. The van der Waals surface area contributed by atoms with Crippen molar-refractivity contribution in [3.63, 3.8) is 0 Å². The molecule has 1 fully saturated rings. The molecule has 1 aliphatic carbocycles. The highest BCUT2D eigenvalue weighted by Crippen LogP contribution is 2.21. The zero-order valence-electron chi connectivity index (χ0n) is 6.38. The molecule has 1 rings (SSSR count). The Morgan fingerprint density at radius 1 is 1.60 bits per heavy atom. The van der Waals surface area contributed by atoms with Crippen LogP contribution in [0, 0.1) is 0 Å². The summed E-state index contributed by atoms with van der Waals surface area (Å²) in [7, 11) is 0. The molecule has 0 amide bonds. The third kappa shape index (κ3) is 1.87. The van der Waals surface area contributed by atoms with Gasteiger partial charge in [0.2, 0.25) is 0 Å². The van der Waals surface area contributed by atoms with Gasteiger partial charge in [0.25, 0.3) is 0 Å². The maximum Gasteiger partial charge on any atom is 0.0499 e. The molecular weight excluding hydrogens is 124 g/mol. The zero-order valence-corrected chi connectivity index (χ0v) is 6.38. The fourth-order valence-corrected chi connectivity index (χ4v) is 0.802. The second-order valence-electron chi connectivity index (χ2n) is 2.77. The second kappa shape index (κ2) is 3.40. The summed E-state index contributed by atoms with van der Waals surface area (Å²) in [6.07, 6.45) is 7.31. The first-order chi connectivity index (χ1) is 4.83. The normalized spacial score (nSPS) is 21.5. The van der Waals surface area contributed by atoms with Crippen LogP contribution in [0.3, 0.4) is 0 Å². The Labute approximate surface area is 61.8 Å². The lowest BCUT2D eigenvalue weighted by molar-refractivity contribution is 0.421. The second-order valence-corrected chi connectivity index (χ2v) is 2.77. The molecule has 0 heterocycles. The number of hydrogen-bond acceptors (Lipinski definition) is 2. The van der Waals surface area contributed by atoms with E-state index in [-0.39, 0.29) is 0 Å². The first kappa shape index (κ1) is 7.32. The van der Waals surface area contributed by atoms with E-state index in [1.54, 1.807) is 6.20 Å². The van der Waals surface area contributed by atoms with E-state index >= 15 is 0 Å². The van der Waals surface area contributed by atoms with Gasteiger partial charge in [-0.05, 0) is 38.0 Å². The zero-order chi connectivity index (χ0) is 7.40. The van der Waals surface area contributed by atoms with Gasteiger partial charge < -0.3 is 5.73 Å². The van der Waals surface area contributed by atoms with Gasteiger partial charge in [0.1, 0.15) is 0 Å². The molecule has 0 aromatic rings. The SMILES string of the molecule is C/C(C=NC1CCC1)=C/N. The van der Waals surface area contributed by atoms with Crippen molar-refractivity contribution in [2.75, 3.05) is 0 Å². The van der Waals surface area contributed by atoms with E-state index in [4.69, 9.17) is 5.73 Å². The van der Waals surface area contributed by atoms with Crippen molar-refractivity contribution in [1.82, 2.24) is 0 Å². The van der Waals surface area contributed by atoms with E-state index in [0.717, 1.165) is 5.57 Å². The van der Waals surface area contributed by atoms with E-state index in [1.807, 2.05) is 13.1 Å². The van der Waals surface area contributed by atoms with Crippen LogP contribution in [0.15, 0.2) is 16.8 Å². The lowest BCUT2D eigenvalue weighted by atomic mass is 9.94. The van der Waals surface area contributed by atoms with Crippen LogP contribution in [0.1, 0.15) is 26.2 Å². The van der Waals surface area contributed by atoms with Crippen LogP contribution in [0.4, 0.5) is 0 Å². The van der Waals surface area contributed by atoms with Crippen molar-refractivity contribution in [3.8, 4) is 0 Å². The molecule has 0 aliphatic heterocycles. The molecule has 0 radical (unpaired) electrons. The average molecular weight is 138 g/mol. The van der Waals surface area contributed by atoms with Gasteiger partial charge in [-0.25, -0.2) is 0 Å². The average Bonchev–Trinajstić information content (AvgIpc) is 1.84. The number of hydrogen-bond donors (Lipinski definition) is 1. The minimum atomic E-state index is 0.592. The molecule has 0 saturated heterocycles. The number of aliphatic imine (C=N–C) groups is 1. The minimum Gasteiger partial charge on any atom is -0.404 e. The molecule has 0 unspecified atom stereocenters. The summed E-state index contributed by atoms with van der Waals surface area (Å²) < 4.78 is 0. The number of nitrogens with zero attached hydrogens (tertiary/aromatic N) is 1. The largest absolute Gasteiger partial charge is 0.404 e. The molecule has 10 heavy (non-hydrogen) atoms. The van der Waals surface area contributed by atoms with Gasteiger partial charge in [-0.15, -0.1) is 0 Å². The Morgan fingerprint density at radius 3 is 2.70 bits per heavy atom. The summed E-state index contributed by atoms with van der Waals surface area (Å²) in [6.45, 7) is 1.96. The summed E-state index contributed by atoms with van der Waals surface area (Å²) in [4.78, 5) is 4.33. The molecule has 2 nitrogen and oxygen atoms in total. The summed E-state index contributed by atoms with van der Waals surface area (Å²) >= 11 is 0. The van der Waals surface area contributed by atoms with Crippen LogP contribution in [0.2, 0.25) is 0 Å². The van der Waals surface area contributed by atoms with Crippen LogP contribution < -0.4 is 5.73 Å². The van der Waals surface area contributed by atoms with Crippen LogP contribution >= 0.6 is 0 Å². The topological polar surface area (TPSA) is 38.4 Å². The Balaban J connectivity index is 2.27. The summed E-state index contributed by atoms with van der Waals surface area (Å²) in [6, 6.07) is 0.592. The summed E-state index contributed by atoms with van der Waals surface area (Å²) in [5.74, 6) is 0. The fraction of sp³-hybridized carbons (Fsp3) is 0.625. The first-order valence-corrected chi connectivity index (χ1v) is 3.74. The van der Waals surface area contributed by atoms with Crippen molar-refractivity contribution in [1.29, 1.82) is 0 Å². The maximum absolute atomic E-state index is 5.26. The summed E-state index contributed by atoms with van der Waals surface area (Å²) in [5, 5.41) is 0. The van der Waals surface area contributed by atoms with Crippen molar-refractivity contribution in [2.24, 2.45) is 10.7 Å². The number of nitrogens with two attached hydrogens (primary N) is 1. The van der Waals surface area contributed by atoms with Gasteiger partial charge in [-0.3, -0.25) is 4.99 Å². The molecule has 0 aromatic carbocycles. The van der Waals surface area contributed by atoms with Crippen LogP contribution in [0.5, 0.6) is 0 Å². The quantitative estimate of drug-likeness (QED) is 0.576. The van der Waals surface area contributed by atoms with Gasteiger partial charge in [-0.1, -0.05) is 0 Å². The Bertz CT molecular complexity index is 155. The molecule has 0 atom stereocenters. The molecular formula is C8H14N2. The predicted octanol–water partition coefficient (Wildman–Crippen LogP) is 1.47. The lowest BCUT2D eigenvalue weighted by Crippen LogP contribution is -2.14. The van der Waals surface area contributed by atoms with E-state index in [9.17, 15) is 0 Å². The lowest BCUT2D eigenvalue weighted by Gasteiger charge is -2.20. The molecule has 0 spiro atoms. The van der Waals surface area contributed by atoms with Crippen LogP contribution in [0.25, 0.3) is 0 Å². The molecule has 56 valence electrons. The molecule has 2 heteroatoms. The number of rotatable bonds is 2. The standard InChI is InChI=1S/C8H14N2/c1-7(5-9)6-10-8-3-2-4-8/h5-6,8H,2-4,9H2,1H3/b7-5-,10-6?. The van der Waals surface area contributed by atoms with E-state index in [1.165, 1.54) is 19.3 Å². The Hall–Kier alpha value is -0.790. The number of allylic oxidation sites excluding steroid dienone is 1. The van der Waals surface area contributed by atoms with Gasteiger partial charge in [0, 0.05) is 12.3 Å². The van der Waals surface area contributed by atoms with Crippen LogP contribution in [-0.4, -0.2) is 12.3 Å². The van der Waals surface area contributed by atoms with Crippen LogP contribution in [-0.2, 0) is 0 Å². The van der Waals surface area contributed by atoms with Gasteiger partial charge in [-0.2, -0.15) is 0 Å². The highest BCUT2D eigenvalue weighted by molar-refractivity contribution is 5.77.